The molecule has 0 bridgehead atoms. The normalized spacial score (nSPS) is 16.6. The zero-order valence-electron chi connectivity index (χ0n) is 13.0. The van der Waals surface area contributed by atoms with E-state index in [2.05, 4.69) is 26.0 Å². The first-order chi connectivity index (χ1) is 9.65. The fraction of sp³-hybridized carbons (Fsp3) is 0.632. The van der Waals surface area contributed by atoms with Crippen LogP contribution in [0.5, 0.6) is 0 Å². The van der Waals surface area contributed by atoms with E-state index in [-0.39, 0.29) is 0 Å². The Hall–Kier alpha value is -1.11. The van der Waals surface area contributed by atoms with E-state index in [1.807, 2.05) is 12.1 Å². The average Bonchev–Trinajstić information content (AvgIpc) is 2.45. The van der Waals surface area contributed by atoms with Crippen LogP contribution in [-0.4, -0.2) is 5.78 Å². The van der Waals surface area contributed by atoms with Gasteiger partial charge in [-0.1, -0.05) is 64.2 Å². The van der Waals surface area contributed by atoms with E-state index in [0.717, 1.165) is 30.7 Å². The summed E-state index contributed by atoms with van der Waals surface area (Å²) in [6.07, 6.45) is 9.67. The van der Waals surface area contributed by atoms with Crippen molar-refractivity contribution in [2.24, 2.45) is 11.8 Å². The summed E-state index contributed by atoms with van der Waals surface area (Å²) in [4.78, 5) is 12.3. The molecule has 0 aliphatic heterocycles. The number of Topliss-reactive ketones (excluding diaryl/α,β-unsaturated/α-hetero) is 1. The number of benzene rings is 1. The van der Waals surface area contributed by atoms with Crippen molar-refractivity contribution in [2.45, 2.75) is 65.2 Å². The molecule has 1 fully saturated rings. The molecule has 1 aromatic carbocycles. The Morgan fingerprint density at radius 1 is 1.20 bits per heavy atom. The first-order valence-corrected chi connectivity index (χ1v) is 8.27. The summed E-state index contributed by atoms with van der Waals surface area (Å²) in [5, 5.41) is 0. The fourth-order valence-corrected chi connectivity index (χ4v) is 3.30. The molecule has 0 amide bonds. The van der Waals surface area contributed by atoms with Crippen LogP contribution in [0.2, 0.25) is 0 Å². The molecule has 20 heavy (non-hydrogen) atoms. The molecule has 0 spiro atoms. The van der Waals surface area contributed by atoms with Crippen molar-refractivity contribution in [1.29, 1.82) is 0 Å². The molecule has 0 radical (unpaired) electrons. The largest absolute Gasteiger partial charge is 0.294 e. The number of carbonyl (C=O) groups excluding carboxylic acids is 1. The summed E-state index contributed by atoms with van der Waals surface area (Å²) >= 11 is 0. The maximum Gasteiger partial charge on any atom is 0.162 e. The summed E-state index contributed by atoms with van der Waals surface area (Å²) < 4.78 is 0. The van der Waals surface area contributed by atoms with Gasteiger partial charge in [-0.25, -0.2) is 0 Å². The molecular formula is C19H28O. The fourth-order valence-electron chi connectivity index (χ4n) is 3.30. The van der Waals surface area contributed by atoms with Gasteiger partial charge in [-0.2, -0.15) is 0 Å². The second-order valence-electron chi connectivity index (χ2n) is 6.76. The van der Waals surface area contributed by atoms with Crippen molar-refractivity contribution in [2.75, 3.05) is 0 Å². The highest BCUT2D eigenvalue weighted by Gasteiger charge is 2.15. The Morgan fingerprint density at radius 3 is 2.65 bits per heavy atom. The van der Waals surface area contributed by atoms with E-state index in [4.69, 9.17) is 0 Å². The molecule has 0 heterocycles. The molecule has 1 aromatic rings. The Kier molecular flexibility index (Phi) is 5.82. The number of hydrogen-bond acceptors (Lipinski definition) is 1. The van der Waals surface area contributed by atoms with E-state index >= 15 is 0 Å². The average molecular weight is 272 g/mol. The van der Waals surface area contributed by atoms with Gasteiger partial charge in [-0.3, -0.25) is 4.79 Å². The Balaban J connectivity index is 1.88. The molecule has 1 nitrogen and oxygen atoms in total. The molecule has 0 atom stereocenters. The molecular weight excluding hydrogens is 244 g/mol. The minimum atomic E-state index is 0.334. The second-order valence-corrected chi connectivity index (χ2v) is 6.76. The molecule has 2 rings (SSSR count). The van der Waals surface area contributed by atoms with Crippen molar-refractivity contribution in [1.82, 2.24) is 0 Å². The smallest absolute Gasteiger partial charge is 0.162 e. The molecule has 1 aliphatic carbocycles. The summed E-state index contributed by atoms with van der Waals surface area (Å²) in [5.74, 6) is 1.77. The third-order valence-electron chi connectivity index (χ3n) is 4.40. The minimum Gasteiger partial charge on any atom is -0.294 e. The standard InChI is InChI=1S/C19H28O/c1-15(2)13-17-9-6-10-18(14-17)19(20)12-11-16-7-4-3-5-8-16/h6,9-10,14-16H,3-5,7-8,11-13H2,1-2H3. The van der Waals surface area contributed by atoms with Gasteiger partial charge in [0.05, 0.1) is 0 Å². The molecule has 1 saturated carbocycles. The van der Waals surface area contributed by atoms with Crippen LogP contribution in [0, 0.1) is 11.8 Å². The van der Waals surface area contributed by atoms with Gasteiger partial charge in [0.15, 0.2) is 5.78 Å². The van der Waals surface area contributed by atoms with Gasteiger partial charge >= 0.3 is 0 Å². The quantitative estimate of drug-likeness (QED) is 0.631. The van der Waals surface area contributed by atoms with Gasteiger partial charge < -0.3 is 0 Å². The monoisotopic (exact) mass is 272 g/mol. The Labute approximate surface area is 123 Å². The van der Waals surface area contributed by atoms with E-state index in [1.54, 1.807) is 0 Å². The van der Waals surface area contributed by atoms with Crippen molar-refractivity contribution < 1.29 is 4.79 Å². The number of hydrogen-bond donors (Lipinski definition) is 0. The van der Waals surface area contributed by atoms with Crippen molar-refractivity contribution in [3.8, 4) is 0 Å². The van der Waals surface area contributed by atoms with Gasteiger partial charge in [-0.15, -0.1) is 0 Å². The van der Waals surface area contributed by atoms with E-state index in [0.29, 0.717) is 11.7 Å². The maximum atomic E-state index is 12.3. The third kappa shape index (κ3) is 4.77. The number of ketones is 1. The number of rotatable bonds is 6. The number of carbonyl (C=O) groups is 1. The lowest BCUT2D eigenvalue weighted by Crippen LogP contribution is -2.09. The molecule has 1 heteroatoms. The highest BCUT2D eigenvalue weighted by atomic mass is 16.1. The second kappa shape index (κ2) is 7.61. The maximum absolute atomic E-state index is 12.3. The Bertz CT molecular complexity index is 427. The van der Waals surface area contributed by atoms with Crippen molar-refractivity contribution >= 4 is 5.78 Å². The highest BCUT2D eigenvalue weighted by Crippen LogP contribution is 2.27. The molecule has 0 aromatic heterocycles. The van der Waals surface area contributed by atoms with Gasteiger partial charge in [0.1, 0.15) is 0 Å². The van der Waals surface area contributed by atoms with E-state index in [1.165, 1.54) is 37.7 Å². The summed E-state index contributed by atoms with van der Waals surface area (Å²) in [6, 6.07) is 8.25. The van der Waals surface area contributed by atoms with Crippen LogP contribution in [0.4, 0.5) is 0 Å². The Morgan fingerprint density at radius 2 is 1.95 bits per heavy atom. The van der Waals surface area contributed by atoms with Gasteiger partial charge in [0.2, 0.25) is 0 Å². The van der Waals surface area contributed by atoms with E-state index < -0.39 is 0 Å². The van der Waals surface area contributed by atoms with Crippen molar-refractivity contribution in [3.05, 3.63) is 35.4 Å². The third-order valence-corrected chi connectivity index (χ3v) is 4.40. The van der Waals surface area contributed by atoms with Crippen LogP contribution >= 0.6 is 0 Å². The van der Waals surface area contributed by atoms with Crippen LogP contribution in [0.15, 0.2) is 24.3 Å². The molecule has 0 unspecified atom stereocenters. The topological polar surface area (TPSA) is 17.1 Å². The summed E-state index contributed by atoms with van der Waals surface area (Å²) in [7, 11) is 0. The SMILES string of the molecule is CC(C)Cc1cccc(C(=O)CCC2CCCCC2)c1. The minimum absolute atomic E-state index is 0.334. The molecule has 0 saturated heterocycles. The zero-order chi connectivity index (χ0) is 14.4. The van der Waals surface area contributed by atoms with Crippen LogP contribution < -0.4 is 0 Å². The molecule has 0 N–H and O–H groups in total. The van der Waals surface area contributed by atoms with Gasteiger partial charge in [-0.05, 0) is 36.3 Å². The van der Waals surface area contributed by atoms with Crippen molar-refractivity contribution in [3.63, 3.8) is 0 Å². The van der Waals surface area contributed by atoms with Gasteiger partial charge in [0.25, 0.3) is 0 Å². The summed E-state index contributed by atoms with van der Waals surface area (Å²) in [6.45, 7) is 4.44. The molecule has 110 valence electrons. The predicted octanol–water partition coefficient (Wildman–Crippen LogP) is 5.43. The lowest BCUT2D eigenvalue weighted by Gasteiger charge is -2.20. The molecule has 1 aliphatic rings. The predicted molar refractivity (Wildman–Crippen MR) is 85.1 cm³/mol. The first-order valence-electron chi connectivity index (χ1n) is 8.27. The lowest BCUT2D eigenvalue weighted by atomic mass is 9.85. The van der Waals surface area contributed by atoms with Crippen LogP contribution in [0.3, 0.4) is 0 Å². The van der Waals surface area contributed by atoms with Crippen LogP contribution in [0.1, 0.15) is 74.7 Å². The summed E-state index contributed by atoms with van der Waals surface area (Å²) in [5.41, 5.74) is 2.21. The zero-order valence-corrected chi connectivity index (χ0v) is 13.0. The van der Waals surface area contributed by atoms with E-state index in [9.17, 15) is 4.79 Å². The van der Waals surface area contributed by atoms with Crippen LogP contribution in [-0.2, 0) is 6.42 Å². The lowest BCUT2D eigenvalue weighted by molar-refractivity contribution is 0.0970. The highest BCUT2D eigenvalue weighted by molar-refractivity contribution is 5.96. The van der Waals surface area contributed by atoms with Gasteiger partial charge in [0, 0.05) is 12.0 Å². The van der Waals surface area contributed by atoms with Crippen LogP contribution in [0.25, 0.3) is 0 Å². The first kappa shape index (κ1) is 15.3.